The minimum atomic E-state index is -2.75. The van der Waals surface area contributed by atoms with Crippen molar-refractivity contribution in [2.24, 2.45) is 0 Å². The molecule has 5 heterocycles. The highest BCUT2D eigenvalue weighted by molar-refractivity contribution is 6.76. The Bertz CT molecular complexity index is 3870. The van der Waals surface area contributed by atoms with Crippen LogP contribution in [-0.2, 0) is 161 Å². The molecular weight excluding hydrogens is 1500 g/mol. The predicted molar refractivity (Wildman–Crippen MR) is 406 cm³/mol. The first-order chi connectivity index (χ1) is 54.5. The van der Waals surface area contributed by atoms with Crippen LogP contribution in [0, 0.1) is 0 Å². The molecule has 0 radical (unpaired) electrons. The second-order valence-corrected chi connectivity index (χ2v) is 35.9. The van der Waals surface area contributed by atoms with Crippen LogP contribution in [0.25, 0.3) is 0 Å². The summed E-state index contributed by atoms with van der Waals surface area (Å²) in [5, 5.41) is 19.3. The Kier molecular flexibility index (Phi) is 32.3. The van der Waals surface area contributed by atoms with E-state index in [0.29, 0.717) is 12.2 Å². The molecule has 0 unspecified atom stereocenters. The van der Waals surface area contributed by atoms with Crippen molar-refractivity contribution >= 4 is 49.7 Å². The highest BCUT2D eigenvalue weighted by Crippen LogP contribution is 2.44. The summed E-state index contributed by atoms with van der Waals surface area (Å²) in [6.45, 7) is 15.3. The van der Waals surface area contributed by atoms with Crippen molar-refractivity contribution in [3.8, 4) is 0 Å². The second kappa shape index (κ2) is 41.7. The third-order valence-electron chi connectivity index (χ3n) is 19.4. The van der Waals surface area contributed by atoms with Crippen molar-refractivity contribution in [1.82, 2.24) is 10.6 Å². The van der Waals surface area contributed by atoms with Crippen LogP contribution in [0.2, 0.25) is 25.7 Å². The smallest absolute Gasteiger partial charge is 0.366 e. The summed E-state index contributed by atoms with van der Waals surface area (Å²) in [4.78, 5) is 93.4. The van der Waals surface area contributed by atoms with Crippen LogP contribution in [0.3, 0.4) is 0 Å². The summed E-state index contributed by atoms with van der Waals surface area (Å²) >= 11 is 0. The Balaban J connectivity index is 1.06. The van der Waals surface area contributed by atoms with Gasteiger partial charge in [-0.3, -0.25) is 28.8 Å². The van der Waals surface area contributed by atoms with Gasteiger partial charge in [0.25, 0.3) is 5.79 Å². The van der Waals surface area contributed by atoms with Crippen molar-refractivity contribution in [2.45, 2.75) is 255 Å². The molecule has 622 valence electrons. The zero-order valence-electron chi connectivity index (χ0n) is 66.4. The number of rotatable bonds is 38. The van der Waals surface area contributed by atoms with Gasteiger partial charge in [-0.2, -0.15) is 0 Å². The standard InChI is InChI=1S/C83H108N2O28Si/c1-50(86)84-66-61(103-53(4)89)40-83(81(93)94-9,113-73(66)70(105-55(6)91)64(104-54(5)90)48-98-52(3)88)102-49-65-72-74(112-82(7,8)111-72)67(85-51(2)87)78(106-65)109-69-62(46-95-41-56-28-18-13-19-29-56)108-80(75(68(69)92)99-43-58-32-22-15-23-33-58)110-71-63(47-96-42-57-30-20-14-21-31-57)107-79(97-38-39-114(10,11)12)77(101-45-60-36-26-17-27-37-60)76(71)100-44-59-34-24-16-25-35-59/h13-37,61-80,92H,38-49H2,1-12H3,(H,84,86)(H,85,87)/t61-,62+,63+,64+,65+,66+,67+,68-,69-,70+,71+,72-,73+,74+,75+,76-,77+,78-,79+,80-,83+/m0/s1. The van der Waals surface area contributed by atoms with Crippen molar-refractivity contribution in [1.29, 1.82) is 0 Å². The molecule has 30 nitrogen and oxygen atoms in total. The molecule has 0 bridgehead atoms. The molecule has 0 spiro atoms. The minimum Gasteiger partial charge on any atom is -0.465 e. The number of hydrogen-bond donors (Lipinski definition) is 3. The van der Waals surface area contributed by atoms with Gasteiger partial charge < -0.3 is 110 Å². The van der Waals surface area contributed by atoms with E-state index in [1.165, 1.54) is 6.92 Å². The molecule has 0 aliphatic carbocycles. The van der Waals surface area contributed by atoms with Crippen LogP contribution in [0.4, 0.5) is 0 Å². The fourth-order valence-corrected chi connectivity index (χ4v) is 15.0. The lowest BCUT2D eigenvalue weighted by Gasteiger charge is -2.51. The fraction of sp³-hybridized carbons (Fsp3) is 0.554. The van der Waals surface area contributed by atoms with Crippen LogP contribution in [-0.4, -0.2) is 229 Å². The lowest BCUT2D eigenvalue weighted by molar-refractivity contribution is -0.384. The molecule has 5 aliphatic rings. The topological polar surface area (TPSA) is 348 Å². The van der Waals surface area contributed by atoms with Crippen LogP contribution >= 0.6 is 0 Å². The number of hydrogen-bond acceptors (Lipinski definition) is 28. The molecule has 5 fully saturated rings. The van der Waals surface area contributed by atoms with Gasteiger partial charge in [0.05, 0.1) is 72.4 Å². The van der Waals surface area contributed by atoms with E-state index in [0.717, 1.165) is 70.0 Å². The van der Waals surface area contributed by atoms with Crippen molar-refractivity contribution < 1.29 is 133 Å². The molecule has 114 heavy (non-hydrogen) atoms. The molecule has 21 atom stereocenters. The average molecular weight is 1610 g/mol. The maximum atomic E-state index is 14.9. The Hall–Kier alpha value is -8.03. The van der Waals surface area contributed by atoms with E-state index in [-0.39, 0.29) is 46.2 Å². The molecule has 3 N–H and O–H groups in total. The number of carbonyl (C=O) groups is 7. The third-order valence-corrected chi connectivity index (χ3v) is 21.1. The second-order valence-electron chi connectivity index (χ2n) is 30.3. The number of nitrogens with one attached hydrogen (secondary N) is 2. The lowest BCUT2D eigenvalue weighted by Crippen LogP contribution is -2.70. The number of benzene rings is 5. The van der Waals surface area contributed by atoms with Gasteiger partial charge in [-0.15, -0.1) is 0 Å². The summed E-state index contributed by atoms with van der Waals surface area (Å²) in [6.07, 6.45) is -26.4. The summed E-state index contributed by atoms with van der Waals surface area (Å²) in [7, 11) is -0.696. The van der Waals surface area contributed by atoms with Gasteiger partial charge in [0.1, 0.15) is 92.0 Å². The third kappa shape index (κ3) is 25.2. The molecular formula is C83H108N2O28Si. The van der Waals surface area contributed by atoms with Crippen molar-refractivity contribution in [3.05, 3.63) is 179 Å². The van der Waals surface area contributed by atoms with Gasteiger partial charge in [0, 0.05) is 56.2 Å². The normalized spacial score (nSPS) is 29.1. The monoisotopic (exact) mass is 1610 g/mol. The Morgan fingerprint density at radius 3 is 1.46 bits per heavy atom. The minimum absolute atomic E-state index is 0.0417. The van der Waals surface area contributed by atoms with E-state index < -0.39 is 203 Å². The summed E-state index contributed by atoms with van der Waals surface area (Å²) in [5.41, 5.74) is 4.07. The Labute approximate surface area is 665 Å². The zero-order chi connectivity index (χ0) is 81.7. The highest BCUT2D eigenvalue weighted by Gasteiger charge is 2.63. The summed E-state index contributed by atoms with van der Waals surface area (Å²) in [6, 6.07) is 45.5. The number of methoxy groups -OCH3 is 1. The maximum Gasteiger partial charge on any atom is 0.366 e. The van der Waals surface area contributed by atoms with E-state index in [1.807, 2.05) is 152 Å². The summed E-state index contributed by atoms with van der Waals surface area (Å²) < 4.78 is 132. The first kappa shape index (κ1) is 88.3. The number of esters is 5. The molecule has 5 aromatic rings. The van der Waals surface area contributed by atoms with E-state index in [2.05, 4.69) is 30.3 Å². The van der Waals surface area contributed by atoms with Gasteiger partial charge >= 0.3 is 29.8 Å². The maximum absolute atomic E-state index is 14.9. The fourth-order valence-electron chi connectivity index (χ4n) is 14.3. The number of amides is 2. The summed E-state index contributed by atoms with van der Waals surface area (Å²) in [5.74, 6) is -10.5. The van der Waals surface area contributed by atoms with Gasteiger partial charge in [-0.1, -0.05) is 171 Å². The first-order valence-corrected chi connectivity index (χ1v) is 42.0. The van der Waals surface area contributed by atoms with Crippen LogP contribution in [0.15, 0.2) is 152 Å². The SMILES string of the molecule is COC(=O)[C@@]1(OC[C@H]2O[C@@H](O[C@@H]3[C@H](O)[C@@H](OCc4ccccc4)[C@H](O[C@H]4[C@H](OCc5ccccc5)[C@@H](OCc5ccccc5)[C@H](OCC[Si](C)(C)C)O[C@@H]4COCc4ccccc4)O[C@@H]3COCc3ccccc3)[C@H](NC(C)=O)[C@H]3OC(C)(C)O[C@H]32)C[C@H](OC(C)=O)[C@@H](NC(C)=O)[C@H]([C@H](OC(C)=O)[C@@H](COC(C)=O)OC(C)=O)O1. The number of fused-ring (bicyclic) bond motifs is 1. The van der Waals surface area contributed by atoms with Crippen LogP contribution in [0.5, 0.6) is 0 Å². The van der Waals surface area contributed by atoms with Crippen LogP contribution in [0.1, 0.15) is 89.6 Å². The van der Waals surface area contributed by atoms with E-state index in [4.69, 9.17) is 94.7 Å². The number of ether oxygens (including phenoxy) is 20. The zero-order valence-corrected chi connectivity index (χ0v) is 67.4. The number of aliphatic hydroxyl groups excluding tert-OH is 1. The van der Waals surface area contributed by atoms with Crippen LogP contribution < -0.4 is 10.6 Å². The number of aliphatic hydroxyl groups is 1. The van der Waals surface area contributed by atoms with E-state index in [1.54, 1.807) is 13.8 Å². The quantitative estimate of drug-likeness (QED) is 0.0197. The molecule has 0 saturated carbocycles. The molecule has 0 aromatic heterocycles. The molecule has 5 aliphatic heterocycles. The van der Waals surface area contributed by atoms with E-state index in [9.17, 15) is 38.7 Å². The largest absolute Gasteiger partial charge is 0.465 e. The van der Waals surface area contributed by atoms with Gasteiger partial charge in [-0.05, 0) is 47.7 Å². The molecule has 31 heteroatoms. The highest BCUT2D eigenvalue weighted by atomic mass is 28.3. The predicted octanol–water partition coefficient (Wildman–Crippen LogP) is 7.40. The van der Waals surface area contributed by atoms with Gasteiger partial charge in [0.2, 0.25) is 11.8 Å². The van der Waals surface area contributed by atoms with Gasteiger partial charge in [0.15, 0.2) is 36.9 Å². The van der Waals surface area contributed by atoms with E-state index >= 15 is 0 Å². The Morgan fingerprint density at radius 2 is 0.965 bits per heavy atom. The molecule has 5 saturated heterocycles. The average Bonchev–Trinajstić information content (AvgIpc) is 1.35. The molecule has 5 aromatic carbocycles. The van der Waals surface area contributed by atoms with Gasteiger partial charge in [-0.25, -0.2) is 4.79 Å². The number of carbonyl (C=O) groups excluding carboxylic acids is 7. The molecule has 10 rings (SSSR count). The molecule has 2 amide bonds. The Morgan fingerprint density at radius 1 is 0.500 bits per heavy atom. The lowest BCUT2D eigenvalue weighted by atomic mass is 9.87. The first-order valence-electron chi connectivity index (χ1n) is 38.3. The van der Waals surface area contributed by atoms with Crippen molar-refractivity contribution in [2.75, 3.05) is 40.1 Å². The van der Waals surface area contributed by atoms with Crippen molar-refractivity contribution in [3.63, 3.8) is 0 Å².